The van der Waals surface area contributed by atoms with Crippen LogP contribution in [0.1, 0.15) is 58.1 Å². The number of hydrogen-bond donors (Lipinski definition) is 0. The van der Waals surface area contributed by atoms with Gasteiger partial charge in [0.15, 0.2) is 0 Å². The third-order valence-electron chi connectivity index (χ3n) is 4.39. The average Bonchev–Trinajstić information content (AvgIpc) is 2.49. The molecule has 0 spiro atoms. The van der Waals surface area contributed by atoms with Gasteiger partial charge in [0, 0.05) is 5.56 Å². The van der Waals surface area contributed by atoms with Crippen molar-refractivity contribution < 1.29 is 9.76 Å². The predicted molar refractivity (Wildman–Crippen MR) is 91.1 cm³/mol. The minimum absolute atomic E-state index is 0.174. The summed E-state index contributed by atoms with van der Waals surface area (Å²) >= 11 is 0. The lowest BCUT2D eigenvalue weighted by Gasteiger charge is -2.50. The quantitative estimate of drug-likeness (QED) is 0.472. The van der Waals surface area contributed by atoms with Crippen molar-refractivity contribution in [3.05, 3.63) is 51.7 Å². The fraction of sp³-hybridized carbons (Fsp3) is 0.500. The Morgan fingerprint density at radius 1 is 1.25 bits per heavy atom. The van der Waals surface area contributed by atoms with E-state index in [9.17, 15) is 10.1 Å². The molecular formula is C18H23N3O3. The fourth-order valence-electron chi connectivity index (χ4n) is 3.28. The molecule has 24 heavy (non-hydrogen) atoms. The third kappa shape index (κ3) is 3.92. The normalized spacial score (nSPS) is 20.2. The Kier molecular flexibility index (Phi) is 4.95. The van der Waals surface area contributed by atoms with E-state index in [0.717, 1.165) is 25.5 Å². The van der Waals surface area contributed by atoms with Crippen LogP contribution in [0.2, 0.25) is 0 Å². The lowest BCUT2D eigenvalue weighted by molar-refractivity contribution is -0.404. The standard InChI is InChI=1S/C18H23N3O3/c1-17(2)10-5-11-18(3,4)21(17)24-16(13-20(22)23)15-8-6-14(12-19)7-9-15/h6-9,13H,5,10-11H2,1-4H3/b16-13+. The van der Waals surface area contributed by atoms with Gasteiger partial charge >= 0.3 is 0 Å². The highest BCUT2D eigenvalue weighted by atomic mass is 16.7. The van der Waals surface area contributed by atoms with Crippen molar-refractivity contribution in [2.45, 2.75) is 58.0 Å². The van der Waals surface area contributed by atoms with Crippen LogP contribution in [0.4, 0.5) is 0 Å². The van der Waals surface area contributed by atoms with E-state index in [4.69, 9.17) is 10.1 Å². The van der Waals surface area contributed by atoms with Crippen molar-refractivity contribution in [2.75, 3.05) is 0 Å². The van der Waals surface area contributed by atoms with Crippen molar-refractivity contribution in [2.24, 2.45) is 0 Å². The largest absolute Gasteiger partial charge is 0.398 e. The van der Waals surface area contributed by atoms with Crippen LogP contribution in [0.3, 0.4) is 0 Å². The van der Waals surface area contributed by atoms with Gasteiger partial charge < -0.3 is 4.84 Å². The molecule has 0 N–H and O–H groups in total. The summed E-state index contributed by atoms with van der Waals surface area (Å²) in [6.45, 7) is 8.32. The van der Waals surface area contributed by atoms with Crippen molar-refractivity contribution in [3.8, 4) is 6.07 Å². The van der Waals surface area contributed by atoms with Gasteiger partial charge in [-0.1, -0.05) is 0 Å². The molecule has 128 valence electrons. The van der Waals surface area contributed by atoms with Crippen molar-refractivity contribution >= 4 is 5.76 Å². The molecule has 1 aromatic rings. The highest BCUT2D eigenvalue weighted by Crippen LogP contribution is 2.40. The number of hydroxylamine groups is 2. The van der Waals surface area contributed by atoms with Gasteiger partial charge in [0.05, 0.1) is 27.6 Å². The molecule has 0 aromatic heterocycles. The van der Waals surface area contributed by atoms with Crippen molar-refractivity contribution in [3.63, 3.8) is 0 Å². The van der Waals surface area contributed by atoms with Gasteiger partial charge in [-0.05, 0) is 71.2 Å². The SMILES string of the molecule is CC1(C)CCCC(C)(C)N1O/C(=C/[N+](=O)[O-])c1ccc(C#N)cc1. The number of piperidine rings is 1. The molecule has 0 saturated carbocycles. The molecule has 0 amide bonds. The van der Waals surface area contributed by atoms with Gasteiger partial charge in [0.2, 0.25) is 5.76 Å². The lowest BCUT2D eigenvalue weighted by atomic mass is 9.82. The molecule has 6 heteroatoms. The van der Waals surface area contributed by atoms with Crippen LogP contribution < -0.4 is 0 Å². The van der Waals surface area contributed by atoms with E-state index in [1.165, 1.54) is 0 Å². The van der Waals surface area contributed by atoms with Gasteiger partial charge in [0.1, 0.15) is 0 Å². The number of hydrogen-bond acceptors (Lipinski definition) is 5. The van der Waals surface area contributed by atoms with E-state index in [2.05, 4.69) is 27.7 Å². The van der Waals surface area contributed by atoms with E-state index < -0.39 is 4.92 Å². The zero-order valence-electron chi connectivity index (χ0n) is 14.6. The van der Waals surface area contributed by atoms with E-state index in [1.54, 1.807) is 24.3 Å². The van der Waals surface area contributed by atoms with Crippen molar-refractivity contribution in [1.82, 2.24) is 5.06 Å². The van der Waals surface area contributed by atoms with Gasteiger partial charge in [-0.25, -0.2) is 0 Å². The highest BCUT2D eigenvalue weighted by Gasteiger charge is 2.44. The molecule has 1 aliphatic rings. The smallest absolute Gasteiger partial charge is 0.279 e. The second-order valence-electron chi connectivity index (χ2n) is 7.33. The summed E-state index contributed by atoms with van der Waals surface area (Å²) in [5.74, 6) is 0.174. The van der Waals surface area contributed by atoms with Crippen LogP contribution in [0.5, 0.6) is 0 Å². The number of nitro groups is 1. The summed E-state index contributed by atoms with van der Waals surface area (Å²) in [7, 11) is 0. The molecule has 6 nitrogen and oxygen atoms in total. The minimum Gasteiger partial charge on any atom is -0.398 e. The predicted octanol–water partition coefficient (Wildman–Crippen LogP) is 4.11. The molecular weight excluding hydrogens is 306 g/mol. The molecule has 1 saturated heterocycles. The summed E-state index contributed by atoms with van der Waals surface area (Å²) in [6.07, 6.45) is 3.87. The maximum atomic E-state index is 11.0. The zero-order chi connectivity index (χ0) is 18.0. The lowest BCUT2D eigenvalue weighted by Crippen LogP contribution is -2.57. The average molecular weight is 329 g/mol. The van der Waals surface area contributed by atoms with Gasteiger partial charge in [-0.15, -0.1) is 5.06 Å². The zero-order valence-corrected chi connectivity index (χ0v) is 14.6. The minimum atomic E-state index is -0.516. The first-order chi connectivity index (χ1) is 11.2. The Hall–Kier alpha value is -2.39. The monoisotopic (exact) mass is 329 g/mol. The molecule has 0 bridgehead atoms. The Morgan fingerprint density at radius 3 is 2.25 bits per heavy atom. The van der Waals surface area contributed by atoms with E-state index in [1.807, 2.05) is 11.1 Å². The summed E-state index contributed by atoms with van der Waals surface area (Å²) in [5.41, 5.74) is 0.606. The van der Waals surface area contributed by atoms with Crippen LogP contribution in [0, 0.1) is 21.4 Å². The number of nitriles is 1. The van der Waals surface area contributed by atoms with Crippen LogP contribution in [-0.4, -0.2) is 21.1 Å². The molecule has 0 aliphatic carbocycles. The van der Waals surface area contributed by atoms with Crippen LogP contribution in [-0.2, 0) is 4.84 Å². The van der Waals surface area contributed by atoms with E-state index in [-0.39, 0.29) is 16.8 Å². The maximum Gasteiger partial charge on any atom is 0.279 e. The van der Waals surface area contributed by atoms with Crippen LogP contribution in [0.25, 0.3) is 5.76 Å². The Labute approximate surface area is 142 Å². The number of benzene rings is 1. The molecule has 0 atom stereocenters. The number of rotatable bonds is 4. The van der Waals surface area contributed by atoms with E-state index >= 15 is 0 Å². The summed E-state index contributed by atoms with van der Waals surface area (Å²) in [6, 6.07) is 8.61. The van der Waals surface area contributed by atoms with Crippen molar-refractivity contribution in [1.29, 1.82) is 5.26 Å². The first kappa shape index (κ1) is 18.0. The Bertz CT molecular complexity index is 668. The molecule has 2 rings (SSSR count). The van der Waals surface area contributed by atoms with Gasteiger partial charge in [-0.3, -0.25) is 10.1 Å². The van der Waals surface area contributed by atoms with Gasteiger partial charge in [0.25, 0.3) is 6.20 Å². The van der Waals surface area contributed by atoms with Crippen LogP contribution >= 0.6 is 0 Å². The molecule has 1 fully saturated rings. The second kappa shape index (κ2) is 6.62. The summed E-state index contributed by atoms with van der Waals surface area (Å²) in [4.78, 5) is 16.6. The molecule has 0 radical (unpaired) electrons. The summed E-state index contributed by atoms with van der Waals surface area (Å²) < 4.78 is 0. The Balaban J connectivity index is 2.38. The molecule has 1 aromatic carbocycles. The maximum absolute atomic E-state index is 11.0. The number of nitrogens with zero attached hydrogens (tertiary/aromatic N) is 3. The fourth-order valence-corrected chi connectivity index (χ4v) is 3.28. The van der Waals surface area contributed by atoms with E-state index in [0.29, 0.717) is 11.1 Å². The molecule has 1 aliphatic heterocycles. The highest BCUT2D eigenvalue weighted by molar-refractivity contribution is 5.59. The van der Waals surface area contributed by atoms with Gasteiger partial charge in [-0.2, -0.15) is 5.26 Å². The Morgan fingerprint density at radius 2 is 1.79 bits per heavy atom. The third-order valence-corrected chi connectivity index (χ3v) is 4.39. The first-order valence-electron chi connectivity index (χ1n) is 8.00. The molecule has 0 unspecified atom stereocenters. The second-order valence-corrected chi connectivity index (χ2v) is 7.33. The first-order valence-corrected chi connectivity index (χ1v) is 8.00. The topological polar surface area (TPSA) is 79.4 Å². The summed E-state index contributed by atoms with van der Waals surface area (Å²) in [5, 5.41) is 21.8. The molecule has 1 heterocycles. The van der Waals surface area contributed by atoms with Crippen LogP contribution in [0.15, 0.2) is 30.5 Å².